The third-order valence-electron chi connectivity index (χ3n) is 4.24. The van der Waals surface area contributed by atoms with Crippen molar-refractivity contribution in [3.8, 4) is 0 Å². The number of hydrogen-bond donors (Lipinski definition) is 3. The molecule has 1 atom stereocenters. The molecule has 0 spiro atoms. The van der Waals surface area contributed by atoms with Crippen LogP contribution in [0.2, 0.25) is 0 Å². The van der Waals surface area contributed by atoms with Gasteiger partial charge < -0.3 is 21.1 Å². The van der Waals surface area contributed by atoms with Crippen molar-refractivity contribution in [2.24, 2.45) is 0 Å². The van der Waals surface area contributed by atoms with Crippen molar-refractivity contribution >= 4 is 45.8 Å². The number of nitrogens with two attached hydrogens (primary N) is 1. The third-order valence-corrected chi connectivity index (χ3v) is 6.25. The molecule has 152 valence electrons. The van der Waals surface area contributed by atoms with Crippen LogP contribution >= 0.6 is 23.1 Å². The van der Waals surface area contributed by atoms with Crippen molar-refractivity contribution < 1.29 is 4.74 Å². The van der Waals surface area contributed by atoms with Crippen molar-refractivity contribution in [2.45, 2.75) is 36.0 Å². The number of aromatic nitrogens is 5. The average Bonchev–Trinajstić information content (AvgIpc) is 3.38. The van der Waals surface area contributed by atoms with Crippen molar-refractivity contribution in [2.75, 3.05) is 29.5 Å². The normalized spacial score (nSPS) is 16.1. The molecule has 3 aromatic rings. The number of benzene rings is 1. The van der Waals surface area contributed by atoms with E-state index in [0.717, 1.165) is 41.2 Å². The van der Waals surface area contributed by atoms with Gasteiger partial charge in [-0.1, -0.05) is 40.8 Å². The summed E-state index contributed by atoms with van der Waals surface area (Å²) in [4.78, 5) is 12.8. The van der Waals surface area contributed by atoms with Gasteiger partial charge in [0.25, 0.3) is 0 Å². The van der Waals surface area contributed by atoms with E-state index in [1.807, 2.05) is 31.2 Å². The second-order valence-corrected chi connectivity index (χ2v) is 8.80. The summed E-state index contributed by atoms with van der Waals surface area (Å²) in [7, 11) is 0. The molecule has 9 nitrogen and oxygen atoms in total. The number of ether oxygens (including phenoxy) is 1. The van der Waals surface area contributed by atoms with Gasteiger partial charge >= 0.3 is 0 Å². The topological polar surface area (TPSA) is 124 Å². The lowest BCUT2D eigenvalue weighted by Crippen LogP contribution is -2.18. The van der Waals surface area contributed by atoms with E-state index in [4.69, 9.17) is 10.5 Å². The molecule has 0 radical (unpaired) electrons. The van der Waals surface area contributed by atoms with Gasteiger partial charge in [-0.2, -0.15) is 15.0 Å². The molecule has 1 saturated heterocycles. The molecule has 0 saturated carbocycles. The number of nitrogens with one attached hydrogen (secondary N) is 2. The summed E-state index contributed by atoms with van der Waals surface area (Å²) in [5.74, 6) is 1.71. The van der Waals surface area contributed by atoms with E-state index < -0.39 is 0 Å². The number of nitrogen functional groups attached to an aromatic ring is 1. The minimum absolute atomic E-state index is 0.182. The molecule has 0 aliphatic carbocycles. The van der Waals surface area contributed by atoms with Crippen molar-refractivity contribution in [3.63, 3.8) is 0 Å². The van der Waals surface area contributed by atoms with Crippen molar-refractivity contribution in [1.29, 1.82) is 0 Å². The Morgan fingerprint density at radius 1 is 1.21 bits per heavy atom. The van der Waals surface area contributed by atoms with E-state index in [9.17, 15) is 0 Å². The first-order chi connectivity index (χ1) is 14.1. The predicted octanol–water partition coefficient (Wildman–Crippen LogP) is 3.24. The predicted molar refractivity (Wildman–Crippen MR) is 116 cm³/mol. The summed E-state index contributed by atoms with van der Waals surface area (Å²) in [5, 5.41) is 15.6. The van der Waals surface area contributed by atoms with Crippen LogP contribution in [-0.4, -0.2) is 44.4 Å². The van der Waals surface area contributed by atoms with Gasteiger partial charge in [0.15, 0.2) is 4.34 Å². The highest BCUT2D eigenvalue weighted by molar-refractivity contribution is 8.00. The smallest absolute Gasteiger partial charge is 0.232 e. The average molecular weight is 431 g/mol. The maximum absolute atomic E-state index is 5.85. The molecule has 4 N–H and O–H groups in total. The molecular formula is C18H22N8OS2. The zero-order valence-corrected chi connectivity index (χ0v) is 17.6. The van der Waals surface area contributed by atoms with E-state index in [0.29, 0.717) is 17.5 Å². The Morgan fingerprint density at radius 2 is 2.07 bits per heavy atom. The van der Waals surface area contributed by atoms with Gasteiger partial charge in [0.2, 0.25) is 17.0 Å². The highest BCUT2D eigenvalue weighted by Gasteiger charge is 2.16. The highest BCUT2D eigenvalue weighted by Crippen LogP contribution is 2.28. The van der Waals surface area contributed by atoms with Crippen LogP contribution in [0.15, 0.2) is 28.6 Å². The summed E-state index contributed by atoms with van der Waals surface area (Å²) in [6.07, 6.45) is 2.48. The molecule has 1 aromatic carbocycles. The first-order valence-electron chi connectivity index (χ1n) is 9.30. The fourth-order valence-corrected chi connectivity index (χ4v) is 4.41. The van der Waals surface area contributed by atoms with Crippen LogP contribution in [-0.2, 0) is 10.5 Å². The van der Waals surface area contributed by atoms with E-state index in [-0.39, 0.29) is 12.1 Å². The summed E-state index contributed by atoms with van der Waals surface area (Å²) < 4.78 is 6.45. The second-order valence-electron chi connectivity index (χ2n) is 6.60. The van der Waals surface area contributed by atoms with Gasteiger partial charge in [0, 0.05) is 18.8 Å². The molecular weight excluding hydrogens is 408 g/mol. The molecule has 1 aliphatic rings. The summed E-state index contributed by atoms with van der Waals surface area (Å²) >= 11 is 3.02. The second kappa shape index (κ2) is 9.33. The number of hydrogen-bond acceptors (Lipinski definition) is 11. The lowest BCUT2D eigenvalue weighted by atomic mass is 10.2. The Balaban J connectivity index is 1.33. The zero-order valence-electron chi connectivity index (χ0n) is 16.0. The quantitative estimate of drug-likeness (QED) is 0.459. The molecule has 1 fully saturated rings. The first-order valence-corrected chi connectivity index (χ1v) is 11.1. The van der Waals surface area contributed by atoms with Crippen molar-refractivity contribution in [3.05, 3.63) is 35.7 Å². The molecule has 0 unspecified atom stereocenters. The minimum atomic E-state index is 0.182. The van der Waals surface area contributed by atoms with Crippen molar-refractivity contribution in [1.82, 2.24) is 25.1 Å². The number of anilines is 4. The molecule has 0 amide bonds. The molecule has 0 bridgehead atoms. The van der Waals surface area contributed by atoms with Gasteiger partial charge in [-0.25, -0.2) is 0 Å². The lowest BCUT2D eigenvalue weighted by molar-refractivity contribution is 0.120. The van der Waals surface area contributed by atoms with Gasteiger partial charge in [-0.15, -0.1) is 10.2 Å². The Morgan fingerprint density at radius 3 is 2.86 bits per heavy atom. The van der Waals surface area contributed by atoms with Gasteiger partial charge in [0.05, 0.1) is 11.9 Å². The Labute approximate surface area is 176 Å². The van der Waals surface area contributed by atoms with Gasteiger partial charge in [0.1, 0.15) is 5.82 Å². The summed E-state index contributed by atoms with van der Waals surface area (Å²) in [5.41, 5.74) is 7.93. The monoisotopic (exact) mass is 430 g/mol. The maximum Gasteiger partial charge on any atom is 0.232 e. The zero-order chi connectivity index (χ0) is 20.1. The van der Waals surface area contributed by atoms with E-state index >= 15 is 0 Å². The van der Waals surface area contributed by atoms with Crippen LogP contribution in [0.1, 0.15) is 24.2 Å². The molecule has 29 heavy (non-hydrogen) atoms. The molecule has 4 rings (SSSR count). The van der Waals surface area contributed by atoms with E-state index in [1.54, 1.807) is 0 Å². The fraction of sp³-hybridized carbons (Fsp3) is 0.389. The fourth-order valence-electron chi connectivity index (χ4n) is 2.80. The third kappa shape index (κ3) is 5.75. The van der Waals surface area contributed by atoms with Gasteiger partial charge in [-0.05, 0) is 31.9 Å². The van der Waals surface area contributed by atoms with Crippen LogP contribution in [0.5, 0.6) is 0 Å². The molecule has 3 heterocycles. The van der Waals surface area contributed by atoms with Crippen LogP contribution in [0.3, 0.4) is 0 Å². The van der Waals surface area contributed by atoms with Crippen LogP contribution in [0.25, 0.3) is 0 Å². The Bertz CT molecular complexity index is 943. The number of rotatable bonds is 8. The maximum atomic E-state index is 5.85. The first kappa shape index (κ1) is 19.8. The minimum Gasteiger partial charge on any atom is -0.376 e. The standard InChI is InChI=1S/C18H22N8OS2/c1-11-4-6-12(7-5-11)21-16-23-14(22-15(19)24-16)10-28-18-26-25-17(29-18)20-9-13-3-2-8-27-13/h4-7,13H,2-3,8-10H2,1H3,(H,20,25)(H3,19,21,22,23,24)/t13-/m1/s1. The molecule has 1 aliphatic heterocycles. The number of thioether (sulfide) groups is 1. The largest absolute Gasteiger partial charge is 0.376 e. The highest BCUT2D eigenvalue weighted by atomic mass is 32.2. The van der Waals surface area contributed by atoms with Crippen LogP contribution < -0.4 is 16.4 Å². The lowest BCUT2D eigenvalue weighted by Gasteiger charge is -2.08. The molecule has 11 heteroatoms. The number of aryl methyl sites for hydroxylation is 1. The Kier molecular flexibility index (Phi) is 6.37. The summed E-state index contributed by atoms with van der Waals surface area (Å²) in [6, 6.07) is 7.97. The molecule has 2 aromatic heterocycles. The van der Waals surface area contributed by atoms with E-state index in [2.05, 4.69) is 35.8 Å². The number of nitrogens with zero attached hydrogens (tertiary/aromatic N) is 5. The Hall–Kier alpha value is -2.50. The van der Waals surface area contributed by atoms with E-state index in [1.165, 1.54) is 28.7 Å². The SMILES string of the molecule is Cc1ccc(Nc2nc(N)nc(CSc3nnc(NC[C@H]4CCCO4)s3)n2)cc1. The van der Waals surface area contributed by atoms with Crippen LogP contribution in [0.4, 0.5) is 22.7 Å². The van der Waals surface area contributed by atoms with Crippen LogP contribution in [0, 0.1) is 6.92 Å². The van der Waals surface area contributed by atoms with Gasteiger partial charge in [-0.3, -0.25) is 0 Å². The summed E-state index contributed by atoms with van der Waals surface area (Å²) in [6.45, 7) is 3.65.